The molecule has 29 heavy (non-hydrogen) atoms. The van der Waals surface area contributed by atoms with Crippen LogP contribution < -0.4 is 5.32 Å². The number of halogens is 3. The van der Waals surface area contributed by atoms with E-state index in [1.54, 1.807) is 24.3 Å². The summed E-state index contributed by atoms with van der Waals surface area (Å²) in [4.78, 5) is 18.0. The minimum absolute atomic E-state index is 0.0236. The number of benzene rings is 1. The largest absolute Gasteiger partial charge is 0.393 e. The molecule has 9 heteroatoms. The maximum Gasteiger partial charge on any atom is 0.321 e. The lowest BCUT2D eigenvalue weighted by molar-refractivity contribution is 0.0679. The third-order valence-corrected chi connectivity index (χ3v) is 5.34. The second-order valence-corrected chi connectivity index (χ2v) is 7.42. The number of carbonyl (C=O) groups excluding carboxylic acids is 1. The first-order valence-electron chi connectivity index (χ1n) is 9.21. The van der Waals surface area contributed by atoms with Gasteiger partial charge in [-0.05, 0) is 23.8 Å². The van der Waals surface area contributed by atoms with Crippen LogP contribution >= 0.6 is 11.6 Å². The standard InChI is InChI=1S/C20H22ClF2N3O3/c21-16-9-14(17(28)12-27)11-24-18(16)20(23)5-7-26(8-6-20)19(29)25-15-3-1-13(10-22)2-4-15/h1-4,9,11,17,27-28H,5-8,10,12H2,(H,25,29)/t17-/m0/s1. The normalized spacial score (nSPS) is 17.1. The molecular formula is C20H22ClF2N3O3. The summed E-state index contributed by atoms with van der Waals surface area (Å²) in [6.07, 6.45) is 0.212. The molecule has 0 unspecified atom stereocenters. The Kier molecular flexibility index (Phi) is 6.66. The van der Waals surface area contributed by atoms with Crippen molar-refractivity contribution in [3.8, 4) is 0 Å². The molecule has 3 rings (SSSR count). The molecule has 1 atom stereocenters. The lowest BCUT2D eigenvalue weighted by Crippen LogP contribution is -2.45. The molecule has 2 heterocycles. The molecule has 1 aromatic carbocycles. The number of anilines is 1. The predicted molar refractivity (Wildman–Crippen MR) is 105 cm³/mol. The number of hydrogen-bond donors (Lipinski definition) is 3. The minimum atomic E-state index is -1.79. The van der Waals surface area contributed by atoms with Crippen LogP contribution in [0.15, 0.2) is 36.5 Å². The highest BCUT2D eigenvalue weighted by Gasteiger charge is 2.40. The molecular weight excluding hydrogens is 404 g/mol. The van der Waals surface area contributed by atoms with Gasteiger partial charge in [0.2, 0.25) is 0 Å². The predicted octanol–water partition coefficient (Wildman–Crippen LogP) is 3.72. The molecule has 6 nitrogen and oxygen atoms in total. The maximum atomic E-state index is 15.5. The average molecular weight is 426 g/mol. The fourth-order valence-electron chi connectivity index (χ4n) is 3.25. The first-order valence-corrected chi connectivity index (χ1v) is 9.58. The van der Waals surface area contributed by atoms with Crippen LogP contribution in [0.5, 0.6) is 0 Å². The number of urea groups is 1. The Balaban J connectivity index is 1.63. The van der Waals surface area contributed by atoms with Crippen molar-refractivity contribution in [3.05, 3.63) is 58.4 Å². The molecule has 1 aromatic heterocycles. The number of aliphatic hydroxyl groups excluding tert-OH is 2. The molecule has 1 fully saturated rings. The van der Waals surface area contributed by atoms with Gasteiger partial charge in [0.15, 0.2) is 5.67 Å². The van der Waals surface area contributed by atoms with Gasteiger partial charge in [-0.2, -0.15) is 0 Å². The summed E-state index contributed by atoms with van der Waals surface area (Å²) in [6.45, 7) is -0.720. The quantitative estimate of drug-likeness (QED) is 0.681. The van der Waals surface area contributed by atoms with Crippen molar-refractivity contribution in [1.82, 2.24) is 9.88 Å². The van der Waals surface area contributed by atoms with Gasteiger partial charge in [-0.25, -0.2) is 13.6 Å². The molecule has 3 N–H and O–H groups in total. The molecule has 0 spiro atoms. The molecule has 156 valence electrons. The van der Waals surface area contributed by atoms with E-state index in [1.807, 2.05) is 0 Å². The lowest BCUT2D eigenvalue weighted by Gasteiger charge is -2.36. The third-order valence-electron chi connectivity index (χ3n) is 5.05. The van der Waals surface area contributed by atoms with Gasteiger partial charge >= 0.3 is 6.03 Å². The first kappa shape index (κ1) is 21.4. The van der Waals surface area contributed by atoms with E-state index in [-0.39, 0.29) is 42.7 Å². The second-order valence-electron chi connectivity index (χ2n) is 7.01. The number of amides is 2. The zero-order valence-corrected chi connectivity index (χ0v) is 16.4. The van der Waals surface area contributed by atoms with Crippen molar-refractivity contribution in [2.75, 3.05) is 25.0 Å². The van der Waals surface area contributed by atoms with Crippen molar-refractivity contribution in [3.63, 3.8) is 0 Å². The van der Waals surface area contributed by atoms with Crippen molar-refractivity contribution < 1.29 is 23.8 Å². The van der Waals surface area contributed by atoms with Crippen molar-refractivity contribution in [2.24, 2.45) is 0 Å². The third kappa shape index (κ3) is 4.83. The monoisotopic (exact) mass is 425 g/mol. The Bertz CT molecular complexity index is 859. The number of rotatable bonds is 5. The smallest absolute Gasteiger partial charge is 0.321 e. The number of hydrogen-bond acceptors (Lipinski definition) is 4. The number of nitrogens with one attached hydrogen (secondary N) is 1. The maximum absolute atomic E-state index is 15.5. The van der Waals surface area contributed by atoms with E-state index in [9.17, 15) is 14.3 Å². The van der Waals surface area contributed by atoms with E-state index in [0.717, 1.165) is 0 Å². The number of likely N-dealkylation sites (tertiary alicyclic amines) is 1. The molecule has 2 aromatic rings. The number of piperidine rings is 1. The van der Waals surface area contributed by atoms with Gasteiger partial charge in [0.1, 0.15) is 12.8 Å². The molecule has 0 bridgehead atoms. The van der Waals surface area contributed by atoms with E-state index in [0.29, 0.717) is 16.8 Å². The molecule has 1 aliphatic heterocycles. The van der Waals surface area contributed by atoms with Gasteiger partial charge in [0.25, 0.3) is 0 Å². The summed E-state index contributed by atoms with van der Waals surface area (Å²) in [5.74, 6) is 0. The van der Waals surface area contributed by atoms with Gasteiger partial charge < -0.3 is 20.4 Å². The summed E-state index contributed by atoms with van der Waals surface area (Å²) in [7, 11) is 0. The summed E-state index contributed by atoms with van der Waals surface area (Å²) in [6, 6.07) is 7.43. The van der Waals surface area contributed by atoms with E-state index < -0.39 is 25.1 Å². The van der Waals surface area contributed by atoms with Gasteiger partial charge in [-0.3, -0.25) is 4.98 Å². The molecule has 0 saturated carbocycles. The Morgan fingerprint density at radius 1 is 1.31 bits per heavy atom. The molecule has 0 radical (unpaired) electrons. The summed E-state index contributed by atoms with van der Waals surface area (Å²) in [5.41, 5.74) is -0.369. The Hall–Kier alpha value is -2.29. The van der Waals surface area contributed by atoms with Crippen LogP contribution in [-0.2, 0) is 12.3 Å². The Morgan fingerprint density at radius 3 is 2.52 bits per heavy atom. The van der Waals surface area contributed by atoms with Crippen LogP contribution in [0.4, 0.5) is 19.3 Å². The number of aliphatic hydroxyl groups is 2. The van der Waals surface area contributed by atoms with E-state index >= 15 is 4.39 Å². The van der Waals surface area contributed by atoms with Crippen LogP contribution in [-0.4, -0.2) is 45.8 Å². The molecule has 2 amide bonds. The Morgan fingerprint density at radius 2 is 1.97 bits per heavy atom. The van der Waals surface area contributed by atoms with Crippen molar-refractivity contribution in [2.45, 2.75) is 31.3 Å². The van der Waals surface area contributed by atoms with Gasteiger partial charge in [-0.15, -0.1) is 0 Å². The number of carbonyl (C=O) groups is 1. The highest BCUT2D eigenvalue weighted by atomic mass is 35.5. The van der Waals surface area contributed by atoms with Gasteiger partial charge in [0.05, 0.1) is 17.3 Å². The number of alkyl halides is 2. The summed E-state index contributed by atoms with van der Waals surface area (Å²) < 4.78 is 28.0. The second kappa shape index (κ2) is 9.02. The fraction of sp³-hybridized carbons (Fsp3) is 0.400. The summed E-state index contributed by atoms with van der Waals surface area (Å²) in [5, 5.41) is 21.4. The SMILES string of the molecule is O=C(Nc1ccc(CF)cc1)N1CCC(F)(c2ncc([C@@H](O)CO)cc2Cl)CC1. The number of nitrogens with zero attached hydrogens (tertiary/aromatic N) is 2. The molecule has 0 aliphatic carbocycles. The topological polar surface area (TPSA) is 85.7 Å². The lowest BCUT2D eigenvalue weighted by atomic mass is 9.89. The highest BCUT2D eigenvalue weighted by molar-refractivity contribution is 6.31. The van der Waals surface area contributed by atoms with E-state index in [2.05, 4.69) is 10.3 Å². The molecule has 1 aliphatic rings. The van der Waals surface area contributed by atoms with Crippen LogP contribution in [0.1, 0.15) is 35.8 Å². The Labute approximate surface area is 172 Å². The van der Waals surface area contributed by atoms with E-state index in [1.165, 1.54) is 17.2 Å². The average Bonchev–Trinajstić information content (AvgIpc) is 2.73. The van der Waals surface area contributed by atoms with Crippen LogP contribution in [0.2, 0.25) is 5.02 Å². The van der Waals surface area contributed by atoms with Crippen molar-refractivity contribution >= 4 is 23.3 Å². The van der Waals surface area contributed by atoms with Crippen LogP contribution in [0, 0.1) is 0 Å². The summed E-state index contributed by atoms with van der Waals surface area (Å²) >= 11 is 6.17. The minimum Gasteiger partial charge on any atom is -0.393 e. The number of aromatic nitrogens is 1. The van der Waals surface area contributed by atoms with E-state index in [4.69, 9.17) is 16.7 Å². The van der Waals surface area contributed by atoms with Crippen molar-refractivity contribution in [1.29, 1.82) is 0 Å². The first-order chi connectivity index (χ1) is 13.9. The highest BCUT2D eigenvalue weighted by Crippen LogP contribution is 2.40. The van der Waals surface area contributed by atoms with Gasteiger partial charge in [-0.1, -0.05) is 23.7 Å². The fourth-order valence-corrected chi connectivity index (χ4v) is 3.59. The zero-order valence-electron chi connectivity index (χ0n) is 15.6. The van der Waals surface area contributed by atoms with Gasteiger partial charge in [0, 0.05) is 43.4 Å². The number of pyridine rings is 1. The molecule has 1 saturated heterocycles. The van der Waals surface area contributed by atoms with Crippen LogP contribution in [0.3, 0.4) is 0 Å². The van der Waals surface area contributed by atoms with Crippen LogP contribution in [0.25, 0.3) is 0 Å². The zero-order chi connectivity index (χ0) is 21.0.